The molecule has 0 saturated heterocycles. The summed E-state index contributed by atoms with van der Waals surface area (Å²) in [4.78, 5) is 25.5. The minimum atomic E-state index is -0.557. The maximum atomic E-state index is 12.2. The van der Waals surface area contributed by atoms with Crippen LogP contribution in [-0.4, -0.2) is 52.9 Å². The van der Waals surface area contributed by atoms with E-state index in [9.17, 15) is 4.79 Å². The van der Waals surface area contributed by atoms with E-state index < -0.39 is 11.7 Å². The van der Waals surface area contributed by atoms with Crippen molar-refractivity contribution in [3.05, 3.63) is 46.8 Å². The molecule has 1 aromatic carbocycles. The number of methoxy groups -OCH3 is 2. The third-order valence-electron chi connectivity index (χ3n) is 5.88. The molecule has 0 unspecified atom stereocenters. The van der Waals surface area contributed by atoms with Gasteiger partial charge in [-0.1, -0.05) is 23.2 Å². The number of pyridine rings is 1. The Labute approximate surface area is 231 Å². The molecule has 2 atom stereocenters. The number of ether oxygens (including phenoxy) is 3. The molecule has 3 N–H and O–H groups in total. The number of carbonyl (C=O) groups is 1. The fraction of sp³-hybridized carbons (Fsp3) is 0.385. The summed E-state index contributed by atoms with van der Waals surface area (Å²) in [5, 5.41) is 10.1. The van der Waals surface area contributed by atoms with Crippen molar-refractivity contribution in [2.45, 2.75) is 51.3 Å². The largest absolute Gasteiger partial charge is 0.495 e. The number of nitrogens with one attached hydrogen (secondary N) is 3. The molecule has 2 aromatic heterocycles. The molecule has 0 aliphatic heterocycles. The van der Waals surface area contributed by atoms with E-state index in [1.54, 1.807) is 18.3 Å². The molecule has 1 aliphatic rings. The lowest BCUT2D eigenvalue weighted by Crippen LogP contribution is -2.54. The molecule has 1 saturated carbocycles. The Hall–Kier alpha value is -3.50. The highest BCUT2D eigenvalue weighted by Crippen LogP contribution is 2.45. The van der Waals surface area contributed by atoms with Gasteiger partial charge in [-0.2, -0.15) is 0 Å². The molecule has 2 heterocycles. The van der Waals surface area contributed by atoms with Gasteiger partial charge in [-0.15, -0.1) is 0 Å². The molecule has 10 nitrogen and oxygen atoms in total. The van der Waals surface area contributed by atoms with Gasteiger partial charge in [0.1, 0.15) is 45.1 Å². The molecular formula is C26H30Cl2N6O4. The van der Waals surface area contributed by atoms with E-state index in [2.05, 4.69) is 30.9 Å². The van der Waals surface area contributed by atoms with E-state index >= 15 is 0 Å². The molecule has 1 amide bonds. The normalized spacial score (nSPS) is 16.7. The molecule has 202 valence electrons. The molecule has 4 rings (SSSR count). The van der Waals surface area contributed by atoms with Gasteiger partial charge in [-0.25, -0.2) is 19.7 Å². The van der Waals surface area contributed by atoms with Gasteiger partial charge in [0, 0.05) is 29.9 Å². The highest BCUT2D eigenvalue weighted by atomic mass is 35.5. The van der Waals surface area contributed by atoms with E-state index in [0.717, 1.165) is 12.8 Å². The highest BCUT2D eigenvalue weighted by Gasteiger charge is 2.33. The molecule has 0 bridgehead atoms. The van der Waals surface area contributed by atoms with Crippen LogP contribution in [0.25, 0.3) is 11.3 Å². The van der Waals surface area contributed by atoms with E-state index in [1.807, 2.05) is 32.9 Å². The number of anilines is 3. The lowest BCUT2D eigenvalue weighted by atomic mass is 9.86. The van der Waals surface area contributed by atoms with Crippen LogP contribution in [0.2, 0.25) is 10.0 Å². The van der Waals surface area contributed by atoms with Crippen molar-refractivity contribution in [1.29, 1.82) is 0 Å². The van der Waals surface area contributed by atoms with E-state index in [-0.39, 0.29) is 22.1 Å². The average Bonchev–Trinajstić information content (AvgIpc) is 2.87. The van der Waals surface area contributed by atoms with Gasteiger partial charge in [-0.3, -0.25) is 0 Å². The van der Waals surface area contributed by atoms with Gasteiger partial charge >= 0.3 is 6.09 Å². The number of aromatic nitrogens is 3. The minimum Gasteiger partial charge on any atom is -0.495 e. The Bertz CT molecular complexity index is 1290. The van der Waals surface area contributed by atoms with Crippen molar-refractivity contribution in [2.75, 3.05) is 24.9 Å². The van der Waals surface area contributed by atoms with Crippen molar-refractivity contribution in [2.24, 2.45) is 0 Å². The summed E-state index contributed by atoms with van der Waals surface area (Å²) in [5.74, 6) is 1.89. The van der Waals surface area contributed by atoms with Crippen LogP contribution in [0.3, 0.4) is 0 Å². The Kier molecular flexibility index (Phi) is 8.32. The van der Waals surface area contributed by atoms with Crippen molar-refractivity contribution >= 4 is 46.6 Å². The maximum Gasteiger partial charge on any atom is 0.407 e. The third kappa shape index (κ3) is 6.31. The lowest BCUT2D eigenvalue weighted by molar-refractivity contribution is 0.0472. The molecule has 3 aromatic rings. The Morgan fingerprint density at radius 3 is 2.29 bits per heavy atom. The zero-order chi connectivity index (χ0) is 27.4. The van der Waals surface area contributed by atoms with Crippen LogP contribution in [0.5, 0.6) is 11.5 Å². The summed E-state index contributed by atoms with van der Waals surface area (Å²) < 4.78 is 16.1. The first-order valence-electron chi connectivity index (χ1n) is 12.0. The number of alkyl carbamates (subject to hydrolysis) is 1. The summed E-state index contributed by atoms with van der Waals surface area (Å²) >= 11 is 13.1. The summed E-state index contributed by atoms with van der Waals surface area (Å²) in [6, 6.07) is 7.06. The van der Waals surface area contributed by atoms with Crippen LogP contribution in [0.1, 0.15) is 33.6 Å². The second-order valence-electron chi connectivity index (χ2n) is 9.68. The van der Waals surface area contributed by atoms with Crippen molar-refractivity contribution in [3.8, 4) is 22.8 Å². The smallest absolute Gasteiger partial charge is 0.407 e. The first-order chi connectivity index (χ1) is 18.1. The van der Waals surface area contributed by atoms with Gasteiger partial charge in [0.15, 0.2) is 0 Å². The predicted molar refractivity (Wildman–Crippen MR) is 148 cm³/mol. The van der Waals surface area contributed by atoms with Crippen molar-refractivity contribution in [3.63, 3.8) is 0 Å². The van der Waals surface area contributed by atoms with Crippen LogP contribution in [0, 0.1) is 0 Å². The van der Waals surface area contributed by atoms with Crippen LogP contribution in [0.4, 0.5) is 22.1 Å². The van der Waals surface area contributed by atoms with Gasteiger partial charge in [0.25, 0.3) is 0 Å². The summed E-state index contributed by atoms with van der Waals surface area (Å²) in [7, 11) is 3.02. The zero-order valence-electron chi connectivity index (χ0n) is 21.8. The predicted octanol–water partition coefficient (Wildman–Crippen LogP) is 6.07. The molecular weight excluding hydrogens is 531 g/mol. The van der Waals surface area contributed by atoms with Crippen molar-refractivity contribution < 1.29 is 19.0 Å². The first kappa shape index (κ1) is 27.5. The maximum absolute atomic E-state index is 12.2. The van der Waals surface area contributed by atoms with Crippen molar-refractivity contribution in [1.82, 2.24) is 20.3 Å². The topological polar surface area (TPSA) is 120 Å². The quantitative estimate of drug-likeness (QED) is 0.301. The molecule has 1 aliphatic carbocycles. The second-order valence-corrected chi connectivity index (χ2v) is 10.4. The Morgan fingerprint density at radius 1 is 1.00 bits per heavy atom. The fourth-order valence-electron chi connectivity index (χ4n) is 3.90. The zero-order valence-corrected chi connectivity index (χ0v) is 23.3. The second kappa shape index (κ2) is 11.5. The molecule has 38 heavy (non-hydrogen) atoms. The lowest BCUT2D eigenvalue weighted by Gasteiger charge is -2.38. The number of rotatable bonds is 8. The Morgan fingerprint density at radius 2 is 1.68 bits per heavy atom. The van der Waals surface area contributed by atoms with Crippen LogP contribution in [0.15, 0.2) is 36.8 Å². The summed E-state index contributed by atoms with van der Waals surface area (Å²) in [6.45, 7) is 5.50. The van der Waals surface area contributed by atoms with E-state index in [1.165, 1.54) is 20.5 Å². The molecule has 12 heteroatoms. The van der Waals surface area contributed by atoms with Crippen LogP contribution < -0.4 is 25.4 Å². The van der Waals surface area contributed by atoms with Gasteiger partial charge in [0.2, 0.25) is 0 Å². The van der Waals surface area contributed by atoms with E-state index in [4.69, 9.17) is 37.4 Å². The highest BCUT2D eigenvalue weighted by molar-refractivity contribution is 6.41. The average molecular weight is 561 g/mol. The number of carbonyl (C=O) groups excluding carboxylic acids is 1. The number of hydrogen-bond donors (Lipinski definition) is 3. The number of hydrogen-bond acceptors (Lipinski definition) is 9. The fourth-order valence-corrected chi connectivity index (χ4v) is 4.50. The number of benzene rings is 1. The SMILES string of the molecule is COc1cc(OC)c(Cl)c(Nc2ncccc2-c2cc(N[C@@H]3CC[C@@H]3NC(=O)OC(C)(C)C)ncn2)c1Cl. The number of amides is 1. The molecule has 0 spiro atoms. The van der Waals surface area contributed by atoms with Crippen LogP contribution >= 0.6 is 23.2 Å². The third-order valence-corrected chi connectivity index (χ3v) is 6.63. The minimum absolute atomic E-state index is 0.0126. The molecule has 0 radical (unpaired) electrons. The van der Waals surface area contributed by atoms with Gasteiger partial charge in [0.05, 0.1) is 31.6 Å². The van der Waals surface area contributed by atoms with Crippen LogP contribution in [-0.2, 0) is 4.74 Å². The first-order valence-corrected chi connectivity index (χ1v) is 12.8. The standard InChI is InChI=1S/C26H30Cl2N6O4/c1-26(2,3)38-25(35)33-16-9-8-15(16)32-20-11-17(30-13-31-20)14-7-6-10-29-24(14)34-23-21(27)18(36-4)12-19(37-5)22(23)28/h6-7,10-13,15-16H,8-9H2,1-5H3,(H,29,34)(H,33,35)(H,30,31,32)/t15-,16+/m1/s1. The van der Waals surface area contributed by atoms with Gasteiger partial charge in [-0.05, 0) is 45.7 Å². The Balaban J connectivity index is 1.55. The number of halogens is 2. The summed E-state index contributed by atoms with van der Waals surface area (Å²) in [6.07, 6.45) is 4.41. The monoisotopic (exact) mass is 560 g/mol. The van der Waals surface area contributed by atoms with Gasteiger partial charge < -0.3 is 30.2 Å². The summed E-state index contributed by atoms with van der Waals surface area (Å²) in [5.41, 5.74) is 1.15. The molecule has 1 fully saturated rings. The van der Waals surface area contributed by atoms with E-state index in [0.29, 0.717) is 40.1 Å². The number of nitrogens with zero attached hydrogens (tertiary/aromatic N) is 3.